The minimum absolute atomic E-state index is 0.0504. The van der Waals surface area contributed by atoms with Crippen LogP contribution in [0.25, 0.3) is 16.7 Å². The average Bonchev–Trinajstić information content (AvgIpc) is 3.10. The summed E-state index contributed by atoms with van der Waals surface area (Å²) in [4.78, 5) is 4.31. The van der Waals surface area contributed by atoms with Gasteiger partial charge in [0.05, 0.1) is 26.5 Å². The van der Waals surface area contributed by atoms with Crippen LogP contribution in [0, 0.1) is 0 Å². The zero-order valence-corrected chi connectivity index (χ0v) is 17.9. The third-order valence-corrected chi connectivity index (χ3v) is 6.89. The van der Waals surface area contributed by atoms with E-state index in [0.717, 1.165) is 29.2 Å². The molecule has 4 rings (SSSR count). The number of hydrogen-bond acceptors (Lipinski definition) is 6. The van der Waals surface area contributed by atoms with Crippen LogP contribution in [0.3, 0.4) is 0 Å². The number of imidazole rings is 1. The molecular formula is C21H19N3O4S2. The fraction of sp³-hybridized carbons (Fsp3) is 0.0952. The highest BCUT2D eigenvalue weighted by atomic mass is 32.2. The molecule has 0 saturated carbocycles. The highest BCUT2D eigenvalue weighted by molar-refractivity contribution is 7.91. The van der Waals surface area contributed by atoms with E-state index in [-0.39, 0.29) is 9.79 Å². The number of benzene rings is 3. The smallest absolute Gasteiger partial charge is 0.177 e. The van der Waals surface area contributed by atoms with Gasteiger partial charge in [0.2, 0.25) is 0 Å². The Morgan fingerprint density at radius 1 is 0.833 bits per heavy atom. The monoisotopic (exact) mass is 441 g/mol. The van der Waals surface area contributed by atoms with Gasteiger partial charge in [0, 0.05) is 23.9 Å². The minimum Gasteiger partial charge on any atom is -0.354 e. The molecule has 0 aliphatic carbocycles. The summed E-state index contributed by atoms with van der Waals surface area (Å²) in [5, 5.41) is 3.08. The van der Waals surface area contributed by atoms with Gasteiger partial charge in [0.1, 0.15) is 6.33 Å². The number of aromatic nitrogens is 2. The van der Waals surface area contributed by atoms with E-state index in [4.69, 9.17) is 0 Å². The van der Waals surface area contributed by atoms with Crippen LogP contribution < -0.4 is 5.32 Å². The molecule has 0 aliphatic heterocycles. The maximum Gasteiger partial charge on any atom is 0.177 e. The van der Waals surface area contributed by atoms with Crippen molar-refractivity contribution in [1.29, 1.82) is 0 Å². The van der Waals surface area contributed by atoms with E-state index in [0.29, 0.717) is 11.4 Å². The number of rotatable bonds is 5. The first-order chi connectivity index (χ1) is 14.1. The molecule has 0 atom stereocenters. The SMILES string of the molecule is CS(=O)(=O)c1ccc(Nc2ccc3c(c2)ncn3-c2ccccc2)c(S(C)(=O)=O)c1. The predicted octanol–water partition coefficient (Wildman–Crippen LogP) is 3.58. The first-order valence-electron chi connectivity index (χ1n) is 8.97. The van der Waals surface area contributed by atoms with E-state index < -0.39 is 19.7 Å². The lowest BCUT2D eigenvalue weighted by molar-refractivity contribution is 0.600. The second-order valence-corrected chi connectivity index (χ2v) is 11.0. The summed E-state index contributed by atoms with van der Waals surface area (Å²) in [5.74, 6) is 0. The van der Waals surface area contributed by atoms with E-state index in [1.165, 1.54) is 18.2 Å². The standard InChI is InChI=1S/C21H19N3O4S2/c1-29(25,26)17-9-10-18(21(13-17)30(2,27)28)23-15-8-11-20-19(12-15)22-14-24(20)16-6-4-3-5-7-16/h3-14,23H,1-2H3. The van der Waals surface area contributed by atoms with Gasteiger partial charge in [-0.15, -0.1) is 0 Å². The van der Waals surface area contributed by atoms with E-state index >= 15 is 0 Å². The molecule has 0 aliphatic rings. The number of hydrogen-bond donors (Lipinski definition) is 1. The Labute approximate surface area is 174 Å². The van der Waals surface area contributed by atoms with Crippen molar-refractivity contribution in [3.63, 3.8) is 0 Å². The molecule has 9 heteroatoms. The van der Waals surface area contributed by atoms with Crippen molar-refractivity contribution in [1.82, 2.24) is 9.55 Å². The normalized spacial score (nSPS) is 12.2. The number of para-hydroxylation sites is 1. The van der Waals surface area contributed by atoms with Crippen molar-refractivity contribution in [2.45, 2.75) is 9.79 Å². The molecule has 0 bridgehead atoms. The largest absolute Gasteiger partial charge is 0.354 e. The molecule has 1 N–H and O–H groups in total. The van der Waals surface area contributed by atoms with Crippen LogP contribution in [0.5, 0.6) is 0 Å². The first kappa shape index (κ1) is 20.1. The predicted molar refractivity (Wildman–Crippen MR) is 117 cm³/mol. The van der Waals surface area contributed by atoms with Crippen LogP contribution in [0.4, 0.5) is 11.4 Å². The lowest BCUT2D eigenvalue weighted by Crippen LogP contribution is -2.06. The summed E-state index contributed by atoms with van der Waals surface area (Å²) >= 11 is 0. The number of nitrogens with zero attached hydrogens (tertiary/aromatic N) is 2. The van der Waals surface area contributed by atoms with Crippen molar-refractivity contribution in [3.05, 3.63) is 73.1 Å². The average molecular weight is 442 g/mol. The van der Waals surface area contributed by atoms with E-state index in [1.807, 2.05) is 53.1 Å². The number of nitrogens with one attached hydrogen (secondary N) is 1. The summed E-state index contributed by atoms with van der Waals surface area (Å²) in [6.45, 7) is 0. The highest BCUT2D eigenvalue weighted by Gasteiger charge is 2.18. The Balaban J connectivity index is 1.74. The zero-order chi connectivity index (χ0) is 21.5. The van der Waals surface area contributed by atoms with Gasteiger partial charge in [-0.05, 0) is 48.5 Å². The van der Waals surface area contributed by atoms with E-state index in [1.54, 1.807) is 6.33 Å². The van der Waals surface area contributed by atoms with Gasteiger partial charge in [-0.1, -0.05) is 18.2 Å². The van der Waals surface area contributed by atoms with Gasteiger partial charge in [-0.3, -0.25) is 4.57 Å². The molecule has 7 nitrogen and oxygen atoms in total. The third-order valence-electron chi connectivity index (χ3n) is 4.64. The quantitative estimate of drug-likeness (QED) is 0.508. The highest BCUT2D eigenvalue weighted by Crippen LogP contribution is 2.29. The van der Waals surface area contributed by atoms with Crippen LogP contribution in [0.1, 0.15) is 0 Å². The molecule has 154 valence electrons. The van der Waals surface area contributed by atoms with Crippen LogP contribution in [0.15, 0.2) is 82.8 Å². The lowest BCUT2D eigenvalue weighted by atomic mass is 10.2. The molecule has 0 fully saturated rings. The van der Waals surface area contributed by atoms with Crippen molar-refractivity contribution < 1.29 is 16.8 Å². The third kappa shape index (κ3) is 3.94. The van der Waals surface area contributed by atoms with Crippen LogP contribution in [-0.4, -0.2) is 38.9 Å². The fourth-order valence-corrected chi connectivity index (χ4v) is 4.76. The molecule has 4 aromatic rings. The topological polar surface area (TPSA) is 98.1 Å². The Morgan fingerprint density at radius 3 is 2.23 bits per heavy atom. The molecule has 1 aromatic heterocycles. The molecule has 0 unspecified atom stereocenters. The summed E-state index contributed by atoms with van der Waals surface area (Å²) in [7, 11) is -7.19. The van der Waals surface area contributed by atoms with Crippen molar-refractivity contribution in [2.24, 2.45) is 0 Å². The molecule has 0 saturated heterocycles. The lowest BCUT2D eigenvalue weighted by Gasteiger charge is -2.13. The number of fused-ring (bicyclic) bond motifs is 1. The molecule has 3 aromatic carbocycles. The molecular weight excluding hydrogens is 422 g/mol. The summed E-state index contributed by atoms with van der Waals surface area (Å²) < 4.78 is 50.1. The van der Waals surface area contributed by atoms with Crippen LogP contribution >= 0.6 is 0 Å². The maximum absolute atomic E-state index is 12.2. The Bertz CT molecular complexity index is 1460. The summed E-state index contributed by atoms with van der Waals surface area (Å²) in [6, 6.07) is 19.3. The van der Waals surface area contributed by atoms with Gasteiger partial charge in [0.25, 0.3) is 0 Å². The zero-order valence-electron chi connectivity index (χ0n) is 16.3. The van der Waals surface area contributed by atoms with Gasteiger partial charge >= 0.3 is 0 Å². The molecule has 0 spiro atoms. The van der Waals surface area contributed by atoms with E-state index in [9.17, 15) is 16.8 Å². The molecule has 1 heterocycles. The fourth-order valence-electron chi connectivity index (χ4n) is 3.18. The van der Waals surface area contributed by atoms with Crippen molar-refractivity contribution in [2.75, 3.05) is 17.8 Å². The van der Waals surface area contributed by atoms with Gasteiger partial charge in [-0.2, -0.15) is 0 Å². The number of anilines is 2. The van der Waals surface area contributed by atoms with Gasteiger partial charge in [-0.25, -0.2) is 21.8 Å². The Morgan fingerprint density at radius 2 is 1.57 bits per heavy atom. The van der Waals surface area contributed by atoms with Gasteiger partial charge in [0.15, 0.2) is 19.7 Å². The van der Waals surface area contributed by atoms with Crippen molar-refractivity contribution in [3.8, 4) is 5.69 Å². The van der Waals surface area contributed by atoms with Crippen LogP contribution in [-0.2, 0) is 19.7 Å². The molecule has 0 radical (unpaired) electrons. The van der Waals surface area contributed by atoms with E-state index in [2.05, 4.69) is 10.3 Å². The second-order valence-electron chi connectivity index (χ2n) is 6.98. The molecule has 30 heavy (non-hydrogen) atoms. The summed E-state index contributed by atoms with van der Waals surface area (Å²) in [6.07, 6.45) is 3.81. The Kier molecular flexibility index (Phi) is 4.87. The maximum atomic E-state index is 12.2. The first-order valence-corrected chi connectivity index (χ1v) is 12.7. The molecule has 0 amide bonds. The number of sulfone groups is 2. The summed E-state index contributed by atoms with van der Waals surface area (Å²) in [5.41, 5.74) is 3.56. The Hall–Kier alpha value is -3.17. The second kappa shape index (κ2) is 7.26. The van der Waals surface area contributed by atoms with Gasteiger partial charge < -0.3 is 5.32 Å². The van der Waals surface area contributed by atoms with Crippen LogP contribution in [0.2, 0.25) is 0 Å². The van der Waals surface area contributed by atoms with Crippen molar-refractivity contribution >= 4 is 42.1 Å². The minimum atomic E-state index is -3.66.